The van der Waals surface area contributed by atoms with E-state index in [0.717, 1.165) is 11.5 Å². The normalized spacial score (nSPS) is 10.2. The van der Waals surface area contributed by atoms with Gasteiger partial charge in [0, 0.05) is 37.6 Å². The van der Waals surface area contributed by atoms with Crippen molar-refractivity contribution in [1.82, 2.24) is 9.97 Å². The molecule has 31 heavy (non-hydrogen) atoms. The molecule has 3 N–H and O–H groups in total. The van der Waals surface area contributed by atoms with E-state index in [4.69, 9.17) is 9.47 Å². The second-order valence-electron chi connectivity index (χ2n) is 6.90. The van der Waals surface area contributed by atoms with E-state index >= 15 is 0 Å². The van der Waals surface area contributed by atoms with Gasteiger partial charge in [-0.2, -0.15) is 0 Å². The van der Waals surface area contributed by atoms with Gasteiger partial charge in [0.25, 0.3) is 0 Å². The fourth-order valence-corrected chi connectivity index (χ4v) is 2.83. The molecule has 2 amide bonds. The Balaban J connectivity index is 1.65. The summed E-state index contributed by atoms with van der Waals surface area (Å²) in [5, 5.41) is 8.82. The summed E-state index contributed by atoms with van der Waals surface area (Å²) >= 11 is 0. The number of anilines is 5. The second-order valence-corrected chi connectivity index (χ2v) is 6.90. The van der Waals surface area contributed by atoms with Crippen LogP contribution in [0.1, 0.15) is 5.82 Å². The number of nitrogens with one attached hydrogen (secondary N) is 3. The number of benzene rings is 2. The molecular formula is C22H26N6O3. The summed E-state index contributed by atoms with van der Waals surface area (Å²) in [7, 11) is 6.96. The quantitative estimate of drug-likeness (QED) is 0.523. The maximum Gasteiger partial charge on any atom is 0.323 e. The molecule has 0 atom stereocenters. The highest BCUT2D eigenvalue weighted by atomic mass is 16.5. The monoisotopic (exact) mass is 422 g/mol. The van der Waals surface area contributed by atoms with Crippen LogP contribution in [-0.2, 0) is 0 Å². The minimum Gasteiger partial charge on any atom is -0.497 e. The van der Waals surface area contributed by atoms with Crippen molar-refractivity contribution in [1.29, 1.82) is 0 Å². The van der Waals surface area contributed by atoms with Gasteiger partial charge in [-0.05, 0) is 43.3 Å². The predicted molar refractivity (Wildman–Crippen MR) is 123 cm³/mol. The lowest BCUT2D eigenvalue weighted by Crippen LogP contribution is -2.19. The summed E-state index contributed by atoms with van der Waals surface area (Å²) in [6, 6.07) is 14.0. The molecule has 0 fully saturated rings. The standard InChI is InChI=1S/C22H26N6O3/c1-14-23-20(13-21(24-14)28(2)3)25-15-6-8-16(9-7-15)26-22(29)27-18-12-17(30-4)10-11-19(18)31-5/h6-13H,1-5H3,(H,23,24,25)(H2,26,27,29). The highest BCUT2D eigenvalue weighted by Crippen LogP contribution is 2.29. The van der Waals surface area contributed by atoms with Crippen LogP contribution in [0.4, 0.5) is 33.5 Å². The van der Waals surface area contributed by atoms with E-state index in [1.54, 1.807) is 37.4 Å². The van der Waals surface area contributed by atoms with Crippen molar-refractivity contribution in [2.45, 2.75) is 6.92 Å². The number of aryl methyl sites for hydroxylation is 1. The van der Waals surface area contributed by atoms with Gasteiger partial charge in [-0.15, -0.1) is 0 Å². The Kier molecular flexibility index (Phi) is 6.76. The van der Waals surface area contributed by atoms with Crippen LogP contribution in [0.5, 0.6) is 11.5 Å². The van der Waals surface area contributed by atoms with Gasteiger partial charge in [-0.3, -0.25) is 0 Å². The van der Waals surface area contributed by atoms with E-state index in [1.165, 1.54) is 7.11 Å². The van der Waals surface area contributed by atoms with E-state index in [1.807, 2.05) is 44.1 Å². The lowest BCUT2D eigenvalue weighted by Gasteiger charge is -2.14. The highest BCUT2D eigenvalue weighted by molar-refractivity contribution is 6.00. The fraction of sp³-hybridized carbons (Fsp3) is 0.227. The van der Waals surface area contributed by atoms with Crippen LogP contribution < -0.4 is 30.3 Å². The number of ether oxygens (including phenoxy) is 2. The first kappa shape index (κ1) is 21.7. The summed E-state index contributed by atoms with van der Waals surface area (Å²) in [4.78, 5) is 23.1. The Morgan fingerprint density at radius 3 is 2.26 bits per heavy atom. The second kappa shape index (κ2) is 9.66. The van der Waals surface area contributed by atoms with Crippen LogP contribution in [0.2, 0.25) is 0 Å². The van der Waals surface area contributed by atoms with Gasteiger partial charge in [0.2, 0.25) is 0 Å². The van der Waals surface area contributed by atoms with Crippen molar-refractivity contribution in [3.05, 3.63) is 54.4 Å². The number of aromatic nitrogens is 2. The maximum absolute atomic E-state index is 12.4. The van der Waals surface area contributed by atoms with Gasteiger partial charge in [0.05, 0.1) is 19.9 Å². The van der Waals surface area contributed by atoms with Gasteiger partial charge >= 0.3 is 6.03 Å². The first-order valence-electron chi connectivity index (χ1n) is 9.58. The van der Waals surface area contributed by atoms with Crippen LogP contribution >= 0.6 is 0 Å². The van der Waals surface area contributed by atoms with Gasteiger partial charge in [-0.1, -0.05) is 0 Å². The summed E-state index contributed by atoms with van der Waals surface area (Å²) in [6.07, 6.45) is 0. The average molecular weight is 422 g/mol. The number of hydrogen-bond donors (Lipinski definition) is 3. The number of rotatable bonds is 7. The van der Waals surface area contributed by atoms with Crippen LogP contribution in [0.15, 0.2) is 48.5 Å². The third-order valence-electron chi connectivity index (χ3n) is 4.35. The lowest BCUT2D eigenvalue weighted by molar-refractivity contribution is 0.262. The number of carbonyl (C=O) groups excluding carboxylic acids is 1. The molecule has 2 aromatic carbocycles. The maximum atomic E-state index is 12.4. The third kappa shape index (κ3) is 5.75. The largest absolute Gasteiger partial charge is 0.497 e. The Bertz CT molecular complexity index is 1050. The van der Waals surface area contributed by atoms with Crippen molar-refractivity contribution in [2.24, 2.45) is 0 Å². The molecule has 0 aliphatic rings. The molecule has 0 bridgehead atoms. The molecule has 0 radical (unpaired) electrons. The summed E-state index contributed by atoms with van der Waals surface area (Å²) in [5.41, 5.74) is 1.98. The lowest BCUT2D eigenvalue weighted by atomic mass is 10.2. The first-order chi connectivity index (χ1) is 14.9. The summed E-state index contributed by atoms with van der Waals surface area (Å²) < 4.78 is 10.5. The van der Waals surface area contributed by atoms with Crippen LogP contribution in [0.3, 0.4) is 0 Å². The van der Waals surface area contributed by atoms with Gasteiger partial charge in [0.15, 0.2) is 0 Å². The molecule has 162 valence electrons. The van der Waals surface area contributed by atoms with Gasteiger partial charge in [0.1, 0.15) is 29.0 Å². The number of amides is 2. The molecule has 0 unspecified atom stereocenters. The smallest absolute Gasteiger partial charge is 0.323 e. The van der Waals surface area contributed by atoms with Gasteiger partial charge in [-0.25, -0.2) is 14.8 Å². The van der Waals surface area contributed by atoms with Crippen molar-refractivity contribution >= 4 is 34.7 Å². The molecule has 9 heteroatoms. The highest BCUT2D eigenvalue weighted by Gasteiger charge is 2.10. The molecule has 0 saturated carbocycles. The number of hydrogen-bond acceptors (Lipinski definition) is 7. The van der Waals surface area contributed by atoms with Crippen molar-refractivity contribution in [3.63, 3.8) is 0 Å². The molecule has 0 saturated heterocycles. The van der Waals surface area contributed by atoms with E-state index in [-0.39, 0.29) is 0 Å². The third-order valence-corrected chi connectivity index (χ3v) is 4.35. The van der Waals surface area contributed by atoms with Crippen molar-refractivity contribution in [2.75, 3.05) is 49.2 Å². The number of nitrogens with zero attached hydrogens (tertiary/aromatic N) is 3. The molecule has 1 aromatic heterocycles. The Hall–Kier alpha value is -4.01. The zero-order valence-electron chi connectivity index (χ0n) is 18.2. The van der Waals surface area contributed by atoms with Crippen LogP contribution in [0.25, 0.3) is 0 Å². The Morgan fingerprint density at radius 2 is 1.61 bits per heavy atom. The summed E-state index contributed by atoms with van der Waals surface area (Å²) in [6.45, 7) is 1.85. The Labute approximate surface area is 181 Å². The Morgan fingerprint density at radius 1 is 0.903 bits per heavy atom. The average Bonchev–Trinajstić information content (AvgIpc) is 2.74. The van der Waals surface area contributed by atoms with Crippen LogP contribution in [-0.4, -0.2) is 44.3 Å². The zero-order chi connectivity index (χ0) is 22.4. The first-order valence-corrected chi connectivity index (χ1v) is 9.58. The molecule has 0 spiro atoms. The zero-order valence-corrected chi connectivity index (χ0v) is 18.2. The molecular weight excluding hydrogens is 396 g/mol. The number of carbonyl (C=O) groups is 1. The molecule has 1 heterocycles. The van der Waals surface area contributed by atoms with Crippen molar-refractivity contribution < 1.29 is 14.3 Å². The minimum absolute atomic E-state index is 0.394. The predicted octanol–water partition coefficient (Wildman–Crippen LogP) is 4.26. The van der Waals surface area contributed by atoms with Crippen LogP contribution in [0, 0.1) is 6.92 Å². The van der Waals surface area contributed by atoms with E-state index in [0.29, 0.717) is 34.5 Å². The number of methoxy groups -OCH3 is 2. The van der Waals surface area contributed by atoms with E-state index < -0.39 is 6.03 Å². The fourth-order valence-electron chi connectivity index (χ4n) is 2.83. The topological polar surface area (TPSA) is 101 Å². The molecule has 3 rings (SSSR count). The van der Waals surface area contributed by atoms with E-state index in [2.05, 4.69) is 25.9 Å². The molecule has 0 aliphatic carbocycles. The summed E-state index contributed by atoms with van der Waals surface area (Å²) in [5.74, 6) is 3.34. The molecule has 9 nitrogen and oxygen atoms in total. The number of urea groups is 1. The molecule has 3 aromatic rings. The van der Waals surface area contributed by atoms with Gasteiger partial charge < -0.3 is 30.3 Å². The minimum atomic E-state index is -0.394. The SMILES string of the molecule is COc1ccc(OC)c(NC(=O)Nc2ccc(Nc3cc(N(C)C)nc(C)n3)cc2)c1. The van der Waals surface area contributed by atoms with Crippen molar-refractivity contribution in [3.8, 4) is 11.5 Å². The molecule has 0 aliphatic heterocycles. The van der Waals surface area contributed by atoms with E-state index in [9.17, 15) is 4.79 Å².